The lowest BCUT2D eigenvalue weighted by molar-refractivity contribution is 0.0698. The first-order valence-corrected chi connectivity index (χ1v) is 8.38. The maximum atomic E-state index is 11.5. The first-order chi connectivity index (χ1) is 11.7. The van der Waals surface area contributed by atoms with E-state index in [4.69, 9.17) is 0 Å². The Hall–Kier alpha value is -2.75. The predicted octanol–water partition coefficient (Wildman–Crippen LogP) is 4.40. The molecule has 4 nitrogen and oxygen atoms in total. The second kappa shape index (κ2) is 6.04. The molecule has 0 aliphatic heterocycles. The average Bonchev–Trinajstić information content (AvgIpc) is 3.37. The molecule has 0 spiro atoms. The van der Waals surface area contributed by atoms with Gasteiger partial charge in [0.05, 0.1) is 5.56 Å². The van der Waals surface area contributed by atoms with Crippen molar-refractivity contribution in [1.29, 1.82) is 0 Å². The highest BCUT2D eigenvalue weighted by atomic mass is 16.4. The smallest absolute Gasteiger partial charge is 0.337 e. The van der Waals surface area contributed by atoms with Gasteiger partial charge in [-0.2, -0.15) is 0 Å². The molecule has 3 N–H and O–H groups in total. The third-order valence-corrected chi connectivity index (χ3v) is 4.71. The molecule has 4 heteroatoms. The molecule has 0 amide bonds. The number of rotatable bonds is 6. The molecule has 2 aromatic carbocycles. The van der Waals surface area contributed by atoms with Crippen molar-refractivity contribution in [2.75, 3.05) is 11.9 Å². The molecular formula is C20H20N2O2. The number of benzene rings is 2. The van der Waals surface area contributed by atoms with Crippen molar-refractivity contribution < 1.29 is 9.90 Å². The molecule has 24 heavy (non-hydrogen) atoms. The first kappa shape index (κ1) is 14.8. The van der Waals surface area contributed by atoms with E-state index >= 15 is 0 Å². The van der Waals surface area contributed by atoms with Crippen molar-refractivity contribution in [2.24, 2.45) is 0 Å². The van der Waals surface area contributed by atoms with Crippen LogP contribution in [0.15, 0.2) is 48.7 Å². The summed E-state index contributed by atoms with van der Waals surface area (Å²) in [6, 6.07) is 14.0. The van der Waals surface area contributed by atoms with Crippen LogP contribution in [0.3, 0.4) is 0 Å². The number of carboxylic acid groups (broad SMARTS) is 1. The topological polar surface area (TPSA) is 65.1 Å². The van der Waals surface area contributed by atoms with E-state index in [2.05, 4.69) is 28.5 Å². The van der Waals surface area contributed by atoms with Crippen LogP contribution in [-0.2, 0) is 6.42 Å². The summed E-state index contributed by atoms with van der Waals surface area (Å²) in [6.45, 7) is 0.699. The summed E-state index contributed by atoms with van der Waals surface area (Å²) < 4.78 is 0. The highest BCUT2D eigenvalue weighted by Crippen LogP contribution is 2.41. The number of aromatic carboxylic acids is 1. The Morgan fingerprint density at radius 1 is 1.21 bits per heavy atom. The number of carbonyl (C=O) groups is 1. The molecule has 1 aromatic heterocycles. The van der Waals surface area contributed by atoms with Crippen LogP contribution in [0.1, 0.15) is 40.2 Å². The van der Waals surface area contributed by atoms with Gasteiger partial charge in [-0.3, -0.25) is 0 Å². The van der Waals surface area contributed by atoms with Gasteiger partial charge in [-0.1, -0.05) is 24.3 Å². The van der Waals surface area contributed by atoms with E-state index in [0.717, 1.165) is 17.5 Å². The van der Waals surface area contributed by atoms with Gasteiger partial charge in [0, 0.05) is 29.3 Å². The number of carboxylic acids is 1. The third-order valence-electron chi connectivity index (χ3n) is 4.71. The lowest BCUT2D eigenvalue weighted by Gasteiger charge is -2.11. The van der Waals surface area contributed by atoms with Crippen LogP contribution in [0.25, 0.3) is 10.9 Å². The molecule has 0 unspecified atom stereocenters. The molecule has 1 heterocycles. The fraction of sp³-hybridized carbons (Fsp3) is 0.250. The largest absolute Gasteiger partial charge is 0.478 e. The van der Waals surface area contributed by atoms with Crippen LogP contribution >= 0.6 is 0 Å². The number of anilines is 1. The predicted molar refractivity (Wildman–Crippen MR) is 95.9 cm³/mol. The summed E-state index contributed by atoms with van der Waals surface area (Å²) in [7, 11) is 0. The zero-order valence-corrected chi connectivity index (χ0v) is 13.4. The van der Waals surface area contributed by atoms with E-state index in [1.54, 1.807) is 0 Å². The molecular weight excluding hydrogens is 300 g/mol. The number of H-pyrrole nitrogens is 1. The Morgan fingerprint density at radius 2 is 2.04 bits per heavy atom. The Labute approximate surface area is 140 Å². The maximum absolute atomic E-state index is 11.5. The van der Waals surface area contributed by atoms with Gasteiger partial charge < -0.3 is 15.4 Å². The highest BCUT2D eigenvalue weighted by molar-refractivity contribution is 5.94. The van der Waals surface area contributed by atoms with E-state index in [-0.39, 0.29) is 0 Å². The van der Waals surface area contributed by atoms with Gasteiger partial charge in [-0.05, 0) is 54.5 Å². The zero-order valence-electron chi connectivity index (χ0n) is 13.4. The monoisotopic (exact) mass is 320 g/mol. The highest BCUT2D eigenvalue weighted by Gasteiger charge is 2.25. The van der Waals surface area contributed by atoms with E-state index < -0.39 is 5.97 Å². The molecule has 0 radical (unpaired) electrons. The van der Waals surface area contributed by atoms with Gasteiger partial charge in [0.25, 0.3) is 0 Å². The lowest BCUT2D eigenvalue weighted by atomic mass is 10.0. The van der Waals surface area contributed by atoms with Crippen molar-refractivity contribution in [2.45, 2.75) is 25.2 Å². The molecule has 1 saturated carbocycles. The van der Waals surface area contributed by atoms with Crippen LogP contribution in [0.4, 0.5) is 5.69 Å². The van der Waals surface area contributed by atoms with Crippen molar-refractivity contribution in [3.8, 4) is 0 Å². The number of aromatic amines is 1. The van der Waals surface area contributed by atoms with Crippen molar-refractivity contribution in [1.82, 2.24) is 4.98 Å². The second-order valence-electron chi connectivity index (χ2n) is 6.42. The van der Waals surface area contributed by atoms with Crippen LogP contribution in [0.5, 0.6) is 0 Å². The SMILES string of the molecule is O=C(O)c1cc(C2CC2)ccc1NCCc1c[nH]c2ccccc12. The van der Waals surface area contributed by atoms with Crippen LogP contribution in [-0.4, -0.2) is 22.6 Å². The maximum Gasteiger partial charge on any atom is 0.337 e. The molecule has 0 saturated heterocycles. The van der Waals surface area contributed by atoms with E-state index in [9.17, 15) is 9.90 Å². The van der Waals surface area contributed by atoms with Gasteiger partial charge in [-0.15, -0.1) is 0 Å². The summed E-state index contributed by atoms with van der Waals surface area (Å²) >= 11 is 0. The molecule has 1 aliphatic rings. The lowest BCUT2D eigenvalue weighted by Crippen LogP contribution is -2.10. The van der Waals surface area contributed by atoms with E-state index in [1.165, 1.54) is 23.8 Å². The van der Waals surface area contributed by atoms with Crippen molar-refractivity contribution in [3.63, 3.8) is 0 Å². The minimum atomic E-state index is -0.868. The van der Waals surface area contributed by atoms with Crippen molar-refractivity contribution in [3.05, 3.63) is 65.4 Å². The Balaban J connectivity index is 1.48. The molecule has 122 valence electrons. The first-order valence-electron chi connectivity index (χ1n) is 8.38. The van der Waals surface area contributed by atoms with Gasteiger partial charge >= 0.3 is 5.97 Å². The quantitative estimate of drug-likeness (QED) is 0.631. The summed E-state index contributed by atoms with van der Waals surface area (Å²) in [4.78, 5) is 14.8. The van der Waals surface area contributed by atoms with E-state index in [1.807, 2.05) is 30.5 Å². The van der Waals surface area contributed by atoms with Gasteiger partial charge in [0.1, 0.15) is 0 Å². The van der Waals surface area contributed by atoms with Crippen LogP contribution in [0.2, 0.25) is 0 Å². The molecule has 0 atom stereocenters. The van der Waals surface area contributed by atoms with Gasteiger partial charge in [0.15, 0.2) is 0 Å². The Kier molecular flexibility index (Phi) is 3.73. The van der Waals surface area contributed by atoms with Crippen LogP contribution in [0, 0.1) is 0 Å². The zero-order chi connectivity index (χ0) is 16.5. The summed E-state index contributed by atoms with van der Waals surface area (Å²) in [5.74, 6) is -0.310. The van der Waals surface area contributed by atoms with Crippen molar-refractivity contribution >= 4 is 22.6 Å². The minimum Gasteiger partial charge on any atom is -0.478 e. The molecule has 1 fully saturated rings. The average molecular weight is 320 g/mol. The summed E-state index contributed by atoms with van der Waals surface area (Å²) in [5.41, 5.74) is 4.59. The minimum absolute atomic E-state index is 0.373. The number of para-hydroxylation sites is 1. The fourth-order valence-electron chi connectivity index (χ4n) is 3.23. The second-order valence-corrected chi connectivity index (χ2v) is 6.42. The van der Waals surface area contributed by atoms with E-state index in [0.29, 0.717) is 23.7 Å². The Bertz CT molecular complexity index is 894. The number of hydrogen-bond acceptors (Lipinski definition) is 2. The van der Waals surface area contributed by atoms with Gasteiger partial charge in [-0.25, -0.2) is 4.79 Å². The fourth-order valence-corrected chi connectivity index (χ4v) is 3.23. The molecule has 3 aromatic rings. The molecule has 1 aliphatic carbocycles. The number of fused-ring (bicyclic) bond motifs is 1. The number of aromatic nitrogens is 1. The normalized spacial score (nSPS) is 14.0. The molecule has 4 rings (SSSR count). The number of hydrogen-bond donors (Lipinski definition) is 3. The summed E-state index contributed by atoms with van der Waals surface area (Å²) in [6.07, 6.45) is 5.22. The van der Waals surface area contributed by atoms with Crippen LogP contribution < -0.4 is 5.32 Å². The number of nitrogens with one attached hydrogen (secondary N) is 2. The third kappa shape index (κ3) is 2.87. The standard InChI is InChI=1S/C20H20N2O2/c23-20(24)17-11-14(13-5-6-13)7-8-19(17)21-10-9-15-12-22-18-4-2-1-3-16(15)18/h1-4,7-8,11-13,21-22H,5-6,9-10H2,(H,23,24). The summed E-state index contributed by atoms with van der Waals surface area (Å²) in [5, 5.41) is 14.0. The van der Waals surface area contributed by atoms with Gasteiger partial charge in [0.2, 0.25) is 0 Å². The molecule has 0 bridgehead atoms. The Morgan fingerprint density at radius 3 is 2.83 bits per heavy atom.